The van der Waals surface area contributed by atoms with Crippen LogP contribution in [0.5, 0.6) is 5.75 Å². The maximum absolute atomic E-state index is 12.9. The first kappa shape index (κ1) is 18.9. The maximum Gasteiger partial charge on any atom is 0.253 e. The first-order valence-corrected chi connectivity index (χ1v) is 10.7. The molecule has 1 spiro atoms. The third kappa shape index (κ3) is 3.38. The van der Waals surface area contributed by atoms with E-state index in [2.05, 4.69) is 4.98 Å². The molecule has 7 nitrogen and oxygen atoms in total. The molecular formula is C20H23N3O4S. The van der Waals surface area contributed by atoms with Gasteiger partial charge in [0, 0.05) is 50.1 Å². The fraction of sp³-hybridized carbons (Fsp3) is 0.400. The molecule has 0 N–H and O–H groups in total. The number of benzene rings is 1. The SMILES string of the molecule is CN1CC2(CCN(C(=O)c3ccncc3)CC2)COc2ccccc2S1(=O)=O. The van der Waals surface area contributed by atoms with Gasteiger partial charge in [0.2, 0.25) is 10.0 Å². The Kier molecular flexibility index (Phi) is 4.84. The van der Waals surface area contributed by atoms with E-state index in [1.165, 1.54) is 4.31 Å². The molecule has 0 unspecified atom stereocenters. The van der Waals surface area contributed by atoms with E-state index in [1.54, 1.807) is 55.8 Å². The van der Waals surface area contributed by atoms with Crippen LogP contribution in [-0.2, 0) is 10.0 Å². The molecule has 2 aromatic rings. The number of nitrogens with zero attached hydrogens (tertiary/aromatic N) is 3. The molecule has 3 heterocycles. The highest BCUT2D eigenvalue weighted by Crippen LogP contribution is 2.38. The average Bonchev–Trinajstić information content (AvgIpc) is 2.72. The summed E-state index contributed by atoms with van der Waals surface area (Å²) in [5.41, 5.74) is 0.304. The second-order valence-corrected chi connectivity index (χ2v) is 9.54. The van der Waals surface area contributed by atoms with Gasteiger partial charge in [-0.3, -0.25) is 9.78 Å². The van der Waals surface area contributed by atoms with Crippen LogP contribution >= 0.6 is 0 Å². The Hall–Kier alpha value is -2.45. The Morgan fingerprint density at radius 1 is 1.11 bits per heavy atom. The topological polar surface area (TPSA) is 79.8 Å². The third-order valence-electron chi connectivity index (χ3n) is 5.67. The molecule has 8 heteroatoms. The summed E-state index contributed by atoms with van der Waals surface area (Å²) in [6.45, 7) is 1.95. The lowest BCUT2D eigenvalue weighted by Gasteiger charge is -2.44. The number of piperidine rings is 1. The average molecular weight is 401 g/mol. The van der Waals surface area contributed by atoms with E-state index in [0.29, 0.717) is 50.4 Å². The second-order valence-electron chi connectivity index (χ2n) is 7.52. The monoisotopic (exact) mass is 401 g/mol. The van der Waals surface area contributed by atoms with Crippen molar-refractivity contribution in [3.63, 3.8) is 0 Å². The van der Waals surface area contributed by atoms with Crippen LogP contribution in [0.25, 0.3) is 0 Å². The number of sulfonamides is 1. The van der Waals surface area contributed by atoms with Crippen LogP contribution in [0, 0.1) is 5.41 Å². The van der Waals surface area contributed by atoms with Crippen LogP contribution in [0.4, 0.5) is 0 Å². The number of hydrogen-bond donors (Lipinski definition) is 0. The molecule has 2 aliphatic heterocycles. The quantitative estimate of drug-likeness (QED) is 0.730. The molecule has 0 aliphatic carbocycles. The zero-order valence-electron chi connectivity index (χ0n) is 15.7. The van der Waals surface area contributed by atoms with Gasteiger partial charge in [0.25, 0.3) is 5.91 Å². The minimum absolute atomic E-state index is 0.0182. The fourth-order valence-corrected chi connectivity index (χ4v) is 5.36. The standard InChI is InChI=1S/C20H23N3O4S/c1-22-14-20(15-27-17-4-2-3-5-18(17)28(22,25)26)8-12-23(13-9-20)19(24)16-6-10-21-11-7-16/h2-7,10-11H,8-9,12-15H2,1H3. The highest BCUT2D eigenvalue weighted by atomic mass is 32.2. The van der Waals surface area contributed by atoms with Crippen molar-refractivity contribution in [3.8, 4) is 5.75 Å². The number of amides is 1. The summed E-state index contributed by atoms with van der Waals surface area (Å²) in [6, 6.07) is 10.2. The minimum Gasteiger partial charge on any atom is -0.492 e. The Balaban J connectivity index is 1.54. The summed E-state index contributed by atoms with van der Waals surface area (Å²) in [5, 5.41) is 0. The van der Waals surface area contributed by atoms with Crippen molar-refractivity contribution in [1.82, 2.24) is 14.2 Å². The van der Waals surface area contributed by atoms with Crippen molar-refractivity contribution >= 4 is 15.9 Å². The highest BCUT2D eigenvalue weighted by Gasteiger charge is 2.42. The Morgan fingerprint density at radius 2 is 1.79 bits per heavy atom. The van der Waals surface area contributed by atoms with Crippen molar-refractivity contribution in [3.05, 3.63) is 54.4 Å². The Labute approximate surface area is 165 Å². The number of fused-ring (bicyclic) bond motifs is 1. The summed E-state index contributed by atoms with van der Waals surface area (Å²) in [4.78, 5) is 18.7. The summed E-state index contributed by atoms with van der Waals surface area (Å²) in [7, 11) is -1.99. The summed E-state index contributed by atoms with van der Waals surface area (Å²) < 4.78 is 33.3. The van der Waals surface area contributed by atoms with Gasteiger partial charge in [-0.1, -0.05) is 12.1 Å². The molecule has 28 heavy (non-hydrogen) atoms. The van der Waals surface area contributed by atoms with Crippen molar-refractivity contribution in [1.29, 1.82) is 0 Å². The van der Waals surface area contributed by atoms with Crippen LogP contribution in [0.1, 0.15) is 23.2 Å². The van der Waals surface area contributed by atoms with Crippen molar-refractivity contribution in [2.45, 2.75) is 17.7 Å². The van der Waals surface area contributed by atoms with Gasteiger partial charge >= 0.3 is 0 Å². The van der Waals surface area contributed by atoms with Crippen LogP contribution in [-0.4, -0.2) is 61.8 Å². The molecule has 0 bridgehead atoms. The molecule has 0 radical (unpaired) electrons. The number of hydrogen-bond acceptors (Lipinski definition) is 5. The zero-order valence-corrected chi connectivity index (χ0v) is 16.6. The predicted octanol–water partition coefficient (Wildman–Crippen LogP) is 2.02. The number of pyridine rings is 1. The number of carbonyl (C=O) groups is 1. The van der Waals surface area contributed by atoms with E-state index in [0.717, 1.165) is 0 Å². The van der Waals surface area contributed by atoms with E-state index in [-0.39, 0.29) is 16.2 Å². The number of ether oxygens (including phenoxy) is 1. The normalized spacial score (nSPS) is 21.2. The van der Waals surface area contributed by atoms with Gasteiger partial charge in [0.15, 0.2) is 0 Å². The van der Waals surface area contributed by atoms with E-state index >= 15 is 0 Å². The van der Waals surface area contributed by atoms with Gasteiger partial charge < -0.3 is 9.64 Å². The second kappa shape index (κ2) is 7.18. The van der Waals surface area contributed by atoms with Crippen molar-refractivity contribution in [2.75, 3.05) is 33.3 Å². The Bertz CT molecular complexity index is 970. The van der Waals surface area contributed by atoms with Gasteiger partial charge in [0.1, 0.15) is 10.6 Å². The summed E-state index contributed by atoms with van der Waals surface area (Å²) in [6.07, 6.45) is 4.59. The third-order valence-corrected chi connectivity index (χ3v) is 7.51. The van der Waals surface area contributed by atoms with E-state index < -0.39 is 10.0 Å². The molecule has 0 saturated carbocycles. The first-order valence-electron chi connectivity index (χ1n) is 9.29. The van der Waals surface area contributed by atoms with Crippen LogP contribution in [0.15, 0.2) is 53.7 Å². The molecule has 1 saturated heterocycles. The van der Waals surface area contributed by atoms with Gasteiger partial charge in [-0.15, -0.1) is 0 Å². The van der Waals surface area contributed by atoms with E-state index in [9.17, 15) is 13.2 Å². The molecule has 1 aromatic carbocycles. The number of aromatic nitrogens is 1. The van der Waals surface area contributed by atoms with E-state index in [4.69, 9.17) is 4.74 Å². The molecule has 1 aromatic heterocycles. The first-order chi connectivity index (χ1) is 13.4. The van der Waals surface area contributed by atoms with Gasteiger partial charge in [-0.2, -0.15) is 0 Å². The molecule has 4 rings (SSSR count). The van der Waals surface area contributed by atoms with Crippen LogP contribution in [0.3, 0.4) is 0 Å². The van der Waals surface area contributed by atoms with Gasteiger partial charge in [0.05, 0.1) is 6.61 Å². The Morgan fingerprint density at radius 3 is 2.50 bits per heavy atom. The summed E-state index contributed by atoms with van der Waals surface area (Å²) in [5.74, 6) is 0.374. The largest absolute Gasteiger partial charge is 0.492 e. The smallest absolute Gasteiger partial charge is 0.253 e. The number of carbonyl (C=O) groups excluding carboxylic acids is 1. The van der Waals surface area contributed by atoms with Gasteiger partial charge in [-0.25, -0.2) is 12.7 Å². The highest BCUT2D eigenvalue weighted by molar-refractivity contribution is 7.89. The van der Waals surface area contributed by atoms with Crippen molar-refractivity contribution in [2.24, 2.45) is 5.41 Å². The molecule has 0 atom stereocenters. The van der Waals surface area contributed by atoms with Crippen molar-refractivity contribution < 1.29 is 17.9 Å². The minimum atomic E-state index is -3.61. The molecular weight excluding hydrogens is 378 g/mol. The lowest BCUT2D eigenvalue weighted by atomic mass is 9.78. The van der Waals surface area contributed by atoms with Gasteiger partial charge in [-0.05, 0) is 37.1 Å². The number of rotatable bonds is 1. The lowest BCUT2D eigenvalue weighted by Crippen LogP contribution is -2.51. The molecule has 1 amide bonds. The number of para-hydroxylation sites is 1. The molecule has 2 aliphatic rings. The van der Waals surface area contributed by atoms with Crippen LogP contribution in [0.2, 0.25) is 0 Å². The van der Waals surface area contributed by atoms with E-state index in [1.807, 2.05) is 4.90 Å². The number of likely N-dealkylation sites (tertiary alicyclic amines) is 1. The fourth-order valence-electron chi connectivity index (χ4n) is 3.95. The molecule has 1 fully saturated rings. The lowest BCUT2D eigenvalue weighted by molar-refractivity contribution is 0.0324. The molecule has 148 valence electrons. The zero-order chi connectivity index (χ0) is 19.8. The maximum atomic E-state index is 12.9. The summed E-state index contributed by atoms with van der Waals surface area (Å²) >= 11 is 0. The predicted molar refractivity (Wildman–Crippen MR) is 104 cm³/mol. The van der Waals surface area contributed by atoms with Crippen LogP contribution < -0.4 is 4.74 Å².